The van der Waals surface area contributed by atoms with Crippen molar-refractivity contribution < 1.29 is 35.9 Å². The van der Waals surface area contributed by atoms with Gasteiger partial charge in [-0.1, -0.05) is 12.1 Å². The molecule has 172 valence electrons. The highest BCUT2D eigenvalue weighted by Crippen LogP contribution is 2.32. The summed E-state index contributed by atoms with van der Waals surface area (Å²) >= 11 is 0. The largest absolute Gasteiger partial charge is 0.452 e. The molecule has 0 aromatic heterocycles. The van der Waals surface area contributed by atoms with Crippen LogP contribution in [0.25, 0.3) is 0 Å². The lowest BCUT2D eigenvalue weighted by molar-refractivity contribution is -0.124. The Morgan fingerprint density at radius 1 is 1.06 bits per heavy atom. The molecule has 0 bridgehead atoms. The summed E-state index contributed by atoms with van der Waals surface area (Å²) in [5, 5.41) is 2.76. The second-order valence-corrected chi connectivity index (χ2v) is 9.20. The van der Waals surface area contributed by atoms with Crippen LogP contribution in [0.5, 0.6) is 0 Å². The van der Waals surface area contributed by atoms with E-state index in [0.29, 0.717) is 23.6 Å². The molecular formula is C21H21F3N2O5S. The molecule has 1 amide bonds. The Balaban J connectivity index is 1.53. The number of esters is 1. The van der Waals surface area contributed by atoms with Crippen LogP contribution in [0.15, 0.2) is 41.3 Å². The van der Waals surface area contributed by atoms with Crippen LogP contribution in [0.1, 0.15) is 35.7 Å². The number of halogens is 3. The fourth-order valence-corrected chi connectivity index (χ4v) is 4.04. The van der Waals surface area contributed by atoms with E-state index in [1.54, 1.807) is 0 Å². The molecule has 2 aromatic carbocycles. The normalized spacial score (nSPS) is 14.6. The number of amides is 1. The van der Waals surface area contributed by atoms with Crippen molar-refractivity contribution in [2.75, 3.05) is 6.61 Å². The van der Waals surface area contributed by atoms with Gasteiger partial charge in [-0.05, 0) is 55.5 Å². The molecule has 0 heterocycles. The number of carbonyl (C=O) groups is 2. The van der Waals surface area contributed by atoms with Gasteiger partial charge >= 0.3 is 5.97 Å². The summed E-state index contributed by atoms with van der Waals surface area (Å²) in [5.41, 5.74) is 0.551. The van der Waals surface area contributed by atoms with Crippen LogP contribution in [0.3, 0.4) is 0 Å². The fraction of sp³-hybridized carbons (Fsp3) is 0.333. The molecule has 2 aromatic rings. The highest BCUT2D eigenvalue weighted by molar-refractivity contribution is 7.89. The van der Waals surface area contributed by atoms with Gasteiger partial charge in [0, 0.05) is 12.6 Å². The minimum Gasteiger partial charge on any atom is -0.452 e. The van der Waals surface area contributed by atoms with Gasteiger partial charge in [0.15, 0.2) is 24.1 Å². The molecule has 7 nitrogen and oxygen atoms in total. The van der Waals surface area contributed by atoms with Crippen molar-refractivity contribution in [1.29, 1.82) is 0 Å². The van der Waals surface area contributed by atoms with Crippen molar-refractivity contribution in [3.05, 3.63) is 65.0 Å². The number of benzene rings is 2. The van der Waals surface area contributed by atoms with Gasteiger partial charge in [-0.25, -0.2) is 31.1 Å². The monoisotopic (exact) mass is 470 g/mol. The molecule has 0 spiro atoms. The van der Waals surface area contributed by atoms with Crippen LogP contribution in [0.2, 0.25) is 0 Å². The molecule has 1 atom stereocenters. The van der Waals surface area contributed by atoms with E-state index in [-0.39, 0.29) is 18.2 Å². The van der Waals surface area contributed by atoms with E-state index in [4.69, 9.17) is 4.74 Å². The smallest absolute Gasteiger partial charge is 0.338 e. The molecule has 1 aliphatic rings. The van der Waals surface area contributed by atoms with Crippen LogP contribution in [0, 0.1) is 23.4 Å². The molecule has 0 saturated heterocycles. The molecule has 2 N–H and O–H groups in total. The van der Waals surface area contributed by atoms with E-state index in [1.165, 1.54) is 24.3 Å². The maximum Gasteiger partial charge on any atom is 0.338 e. The van der Waals surface area contributed by atoms with Gasteiger partial charge in [0.1, 0.15) is 4.90 Å². The predicted octanol–water partition coefficient (Wildman–Crippen LogP) is 2.65. The van der Waals surface area contributed by atoms with Gasteiger partial charge in [-0.2, -0.15) is 0 Å². The zero-order valence-electron chi connectivity index (χ0n) is 17.0. The van der Waals surface area contributed by atoms with Gasteiger partial charge < -0.3 is 10.1 Å². The van der Waals surface area contributed by atoms with Crippen LogP contribution in [-0.4, -0.2) is 32.9 Å². The number of hydrogen-bond donors (Lipinski definition) is 2. The topological polar surface area (TPSA) is 102 Å². The molecule has 3 rings (SSSR count). The zero-order chi connectivity index (χ0) is 23.5. The second kappa shape index (κ2) is 9.70. The minimum absolute atomic E-state index is 0.0316. The van der Waals surface area contributed by atoms with Crippen molar-refractivity contribution in [3.8, 4) is 0 Å². The number of sulfonamides is 1. The fourth-order valence-electron chi connectivity index (χ4n) is 2.95. The van der Waals surface area contributed by atoms with Crippen molar-refractivity contribution in [1.82, 2.24) is 10.0 Å². The van der Waals surface area contributed by atoms with Gasteiger partial charge in [-0.3, -0.25) is 4.79 Å². The van der Waals surface area contributed by atoms with E-state index >= 15 is 0 Å². The molecule has 32 heavy (non-hydrogen) atoms. The lowest BCUT2D eigenvalue weighted by Gasteiger charge is -2.12. The molecule has 1 fully saturated rings. The summed E-state index contributed by atoms with van der Waals surface area (Å²) in [6, 6.07) is 6.76. The maximum absolute atomic E-state index is 13.8. The molecular weight excluding hydrogens is 449 g/mol. The van der Waals surface area contributed by atoms with Gasteiger partial charge in [0.25, 0.3) is 5.91 Å². The average molecular weight is 470 g/mol. The van der Waals surface area contributed by atoms with Crippen LogP contribution >= 0.6 is 0 Å². The number of rotatable bonds is 9. The zero-order valence-corrected chi connectivity index (χ0v) is 17.8. The highest BCUT2D eigenvalue weighted by Gasteiger charge is 2.29. The Labute approximate surface area is 183 Å². The van der Waals surface area contributed by atoms with Crippen LogP contribution < -0.4 is 10.0 Å². The SMILES string of the molecule is CC(NC(=O)COC(=O)c1ccc(CNS(=O)(=O)c2ccc(F)c(F)c2F)cc1)C1CC1. The summed E-state index contributed by atoms with van der Waals surface area (Å²) < 4.78 is 71.5. The molecule has 1 unspecified atom stereocenters. The Kier molecular flexibility index (Phi) is 7.19. The minimum atomic E-state index is -4.45. The Morgan fingerprint density at radius 2 is 1.72 bits per heavy atom. The summed E-state index contributed by atoms with van der Waals surface area (Å²) in [6.07, 6.45) is 2.14. The number of ether oxygens (including phenoxy) is 1. The van der Waals surface area contributed by atoms with E-state index in [2.05, 4.69) is 10.0 Å². The highest BCUT2D eigenvalue weighted by atomic mass is 32.2. The van der Waals surface area contributed by atoms with Crippen molar-refractivity contribution in [3.63, 3.8) is 0 Å². The Hall–Kier alpha value is -2.92. The molecule has 1 saturated carbocycles. The molecule has 11 heteroatoms. The van der Waals surface area contributed by atoms with Gasteiger partial charge in [-0.15, -0.1) is 0 Å². The second-order valence-electron chi connectivity index (χ2n) is 7.46. The Morgan fingerprint density at radius 3 is 2.34 bits per heavy atom. The van der Waals surface area contributed by atoms with E-state index in [9.17, 15) is 31.2 Å². The van der Waals surface area contributed by atoms with Crippen LogP contribution in [0.4, 0.5) is 13.2 Å². The first-order chi connectivity index (χ1) is 15.1. The number of hydrogen-bond acceptors (Lipinski definition) is 5. The summed E-state index contributed by atoms with van der Waals surface area (Å²) in [6.45, 7) is 1.18. The summed E-state index contributed by atoms with van der Waals surface area (Å²) in [5.74, 6) is -5.85. The van der Waals surface area contributed by atoms with Gasteiger partial charge in [0.05, 0.1) is 5.56 Å². The Bertz CT molecular complexity index is 1120. The lowest BCUT2D eigenvalue weighted by Crippen LogP contribution is -2.37. The lowest BCUT2D eigenvalue weighted by atomic mass is 10.1. The number of carbonyl (C=O) groups excluding carboxylic acids is 2. The first kappa shape index (κ1) is 23.7. The average Bonchev–Trinajstić information content (AvgIpc) is 3.60. The van der Waals surface area contributed by atoms with Crippen molar-refractivity contribution >= 4 is 21.9 Å². The molecule has 0 radical (unpaired) electrons. The first-order valence-electron chi connectivity index (χ1n) is 9.77. The molecule has 1 aliphatic carbocycles. The van der Waals surface area contributed by atoms with E-state index in [1.807, 2.05) is 6.92 Å². The third-order valence-corrected chi connectivity index (χ3v) is 6.42. The van der Waals surface area contributed by atoms with Gasteiger partial charge in [0.2, 0.25) is 10.0 Å². The third-order valence-electron chi connectivity index (χ3n) is 5.00. The predicted molar refractivity (Wildman–Crippen MR) is 107 cm³/mol. The summed E-state index contributed by atoms with van der Waals surface area (Å²) in [7, 11) is -4.45. The van der Waals surface area contributed by atoms with E-state index in [0.717, 1.165) is 12.8 Å². The maximum atomic E-state index is 13.8. The standard InChI is InChI=1S/C21H21F3N2O5S/c1-12(14-6-7-14)26-18(27)11-31-21(28)15-4-2-13(3-5-15)10-25-32(29,30)17-9-8-16(22)19(23)20(17)24/h2-5,8-9,12,14,25H,6-7,10-11H2,1H3,(H,26,27). The number of nitrogens with one attached hydrogen (secondary N) is 2. The quantitative estimate of drug-likeness (QED) is 0.434. The van der Waals surface area contributed by atoms with Crippen molar-refractivity contribution in [2.45, 2.75) is 37.2 Å². The summed E-state index contributed by atoms with van der Waals surface area (Å²) in [4.78, 5) is 22.9. The van der Waals surface area contributed by atoms with E-state index < -0.39 is 50.9 Å². The molecule has 0 aliphatic heterocycles. The van der Waals surface area contributed by atoms with Crippen molar-refractivity contribution in [2.24, 2.45) is 5.92 Å². The van der Waals surface area contributed by atoms with Crippen LogP contribution in [-0.2, 0) is 26.1 Å². The first-order valence-corrected chi connectivity index (χ1v) is 11.3. The third kappa shape index (κ3) is 5.86.